The van der Waals surface area contributed by atoms with Crippen LogP contribution < -0.4 is 11.1 Å². The Morgan fingerprint density at radius 1 is 1.59 bits per heavy atom. The maximum Gasteiger partial charge on any atom is 0.237 e. The number of hydrogen-bond acceptors (Lipinski definition) is 4. The molecular weight excluding hydrogens is 236 g/mol. The lowest BCUT2D eigenvalue weighted by Crippen LogP contribution is -2.55. The summed E-state index contributed by atoms with van der Waals surface area (Å²) in [6.45, 7) is 7.71. The fraction of sp³-hybridized carbons (Fsp3) is 0.917. The van der Waals surface area contributed by atoms with Crippen molar-refractivity contribution in [1.82, 2.24) is 5.32 Å². The molecule has 0 aromatic rings. The van der Waals surface area contributed by atoms with Gasteiger partial charge in [0, 0.05) is 6.04 Å². The second kappa shape index (κ2) is 6.61. The zero-order chi connectivity index (χ0) is 12.9. The van der Waals surface area contributed by atoms with Crippen molar-refractivity contribution in [3.05, 3.63) is 0 Å². The van der Waals surface area contributed by atoms with Crippen molar-refractivity contribution in [1.29, 1.82) is 0 Å². The third-order valence-corrected chi connectivity index (χ3v) is 4.20. The smallest absolute Gasteiger partial charge is 0.237 e. The second-order valence-corrected chi connectivity index (χ2v) is 6.54. The zero-order valence-electron chi connectivity index (χ0n) is 11.0. The summed E-state index contributed by atoms with van der Waals surface area (Å²) in [6.07, 6.45) is 1.79. The van der Waals surface area contributed by atoms with Gasteiger partial charge in [-0.3, -0.25) is 4.79 Å². The number of primary amides is 1. The van der Waals surface area contributed by atoms with E-state index < -0.39 is 5.54 Å². The van der Waals surface area contributed by atoms with Gasteiger partial charge >= 0.3 is 0 Å². The fourth-order valence-electron chi connectivity index (χ4n) is 1.89. The number of nitrogens with one attached hydrogen (secondary N) is 1. The van der Waals surface area contributed by atoms with E-state index in [0.717, 1.165) is 31.8 Å². The molecule has 0 bridgehead atoms. The van der Waals surface area contributed by atoms with Crippen LogP contribution in [-0.4, -0.2) is 41.7 Å². The highest BCUT2D eigenvalue weighted by molar-refractivity contribution is 8.00. The summed E-state index contributed by atoms with van der Waals surface area (Å²) in [5.74, 6) is 0.805. The fourth-order valence-corrected chi connectivity index (χ4v) is 2.92. The summed E-state index contributed by atoms with van der Waals surface area (Å²) in [5, 5.41) is 3.92. The third-order valence-electron chi connectivity index (χ3n) is 2.93. The van der Waals surface area contributed by atoms with E-state index in [-0.39, 0.29) is 11.9 Å². The van der Waals surface area contributed by atoms with Gasteiger partial charge in [-0.25, -0.2) is 0 Å². The molecule has 0 aromatic carbocycles. The van der Waals surface area contributed by atoms with Crippen LogP contribution >= 0.6 is 11.8 Å². The topological polar surface area (TPSA) is 64.3 Å². The molecule has 1 aliphatic rings. The summed E-state index contributed by atoms with van der Waals surface area (Å²) in [7, 11) is 0. The predicted octanol–water partition coefficient (Wildman–Crippen LogP) is 1.14. The van der Waals surface area contributed by atoms with Crippen LogP contribution in [0, 0.1) is 0 Å². The minimum absolute atomic E-state index is 0.261. The van der Waals surface area contributed by atoms with Gasteiger partial charge in [-0.05, 0) is 39.4 Å². The summed E-state index contributed by atoms with van der Waals surface area (Å²) in [5.41, 5.74) is 4.89. The van der Waals surface area contributed by atoms with E-state index in [1.165, 1.54) is 0 Å². The van der Waals surface area contributed by atoms with Crippen molar-refractivity contribution in [2.45, 2.75) is 50.4 Å². The molecule has 0 saturated carbocycles. The molecule has 1 fully saturated rings. The van der Waals surface area contributed by atoms with Crippen LogP contribution in [0.25, 0.3) is 0 Å². The number of nitrogens with two attached hydrogens (primary N) is 1. The predicted molar refractivity (Wildman–Crippen MR) is 72.2 cm³/mol. The van der Waals surface area contributed by atoms with Gasteiger partial charge in [-0.1, -0.05) is 0 Å². The maximum absolute atomic E-state index is 11.5. The minimum atomic E-state index is -0.579. The number of amides is 1. The molecule has 3 N–H and O–H groups in total. The first-order valence-electron chi connectivity index (χ1n) is 6.21. The number of thioether (sulfide) groups is 1. The number of hydrogen-bond donors (Lipinski definition) is 2. The Balaban J connectivity index is 2.25. The molecule has 0 aromatic heterocycles. The van der Waals surface area contributed by atoms with E-state index in [4.69, 9.17) is 10.5 Å². The van der Waals surface area contributed by atoms with Gasteiger partial charge in [-0.2, -0.15) is 11.8 Å². The average Bonchev–Trinajstić information content (AvgIpc) is 2.13. The molecule has 4 nitrogen and oxygen atoms in total. The molecule has 100 valence electrons. The van der Waals surface area contributed by atoms with Crippen molar-refractivity contribution in [2.75, 3.05) is 19.0 Å². The van der Waals surface area contributed by atoms with Crippen LogP contribution in [-0.2, 0) is 9.53 Å². The van der Waals surface area contributed by atoms with E-state index in [1.807, 2.05) is 32.5 Å². The molecule has 1 rings (SSSR count). The molecule has 1 heterocycles. The van der Waals surface area contributed by atoms with E-state index in [9.17, 15) is 4.79 Å². The van der Waals surface area contributed by atoms with Crippen molar-refractivity contribution in [2.24, 2.45) is 5.73 Å². The first-order chi connectivity index (χ1) is 7.94. The average molecular weight is 260 g/mol. The second-order valence-electron chi connectivity index (χ2n) is 5.13. The molecule has 1 saturated heterocycles. The molecule has 1 aliphatic heterocycles. The Kier molecular flexibility index (Phi) is 5.76. The monoisotopic (exact) mass is 260 g/mol. The Bertz CT molecular complexity index is 257. The third kappa shape index (κ3) is 4.85. The van der Waals surface area contributed by atoms with E-state index in [0.29, 0.717) is 5.25 Å². The molecule has 0 aliphatic carbocycles. The highest BCUT2D eigenvalue weighted by Gasteiger charge is 2.30. The van der Waals surface area contributed by atoms with Gasteiger partial charge < -0.3 is 15.8 Å². The van der Waals surface area contributed by atoms with Crippen LogP contribution in [0.5, 0.6) is 0 Å². The maximum atomic E-state index is 11.5. The van der Waals surface area contributed by atoms with Crippen LogP contribution in [0.4, 0.5) is 0 Å². The molecule has 0 radical (unpaired) electrons. The summed E-state index contributed by atoms with van der Waals surface area (Å²) >= 11 is 1.93. The van der Waals surface area contributed by atoms with Gasteiger partial charge in [0.25, 0.3) is 0 Å². The molecule has 5 heteroatoms. The summed E-state index contributed by atoms with van der Waals surface area (Å²) in [4.78, 5) is 11.5. The van der Waals surface area contributed by atoms with E-state index in [1.54, 1.807) is 0 Å². The molecule has 0 spiro atoms. The van der Waals surface area contributed by atoms with Gasteiger partial charge in [0.05, 0.1) is 24.0 Å². The van der Waals surface area contributed by atoms with Crippen molar-refractivity contribution in [3.63, 3.8) is 0 Å². The molecule has 1 unspecified atom stereocenters. The first-order valence-corrected chi connectivity index (χ1v) is 7.26. The standard InChI is InChI=1S/C12H24N2O2S/c1-9(2)14-12(3,11(13)15)5-4-6-17-10-7-16-8-10/h9-10,14H,4-8H2,1-3H3,(H2,13,15). The SMILES string of the molecule is CC(C)NC(C)(CCCSC1COC1)C(N)=O. The Morgan fingerprint density at radius 3 is 2.65 bits per heavy atom. The van der Waals surface area contributed by atoms with Gasteiger partial charge in [-0.15, -0.1) is 0 Å². The van der Waals surface area contributed by atoms with Crippen LogP contribution in [0.15, 0.2) is 0 Å². The van der Waals surface area contributed by atoms with Gasteiger partial charge in [0.2, 0.25) is 5.91 Å². The highest BCUT2D eigenvalue weighted by Crippen LogP contribution is 2.22. The highest BCUT2D eigenvalue weighted by atomic mass is 32.2. The molecular formula is C12H24N2O2S. The quantitative estimate of drug-likeness (QED) is 0.642. The van der Waals surface area contributed by atoms with Crippen molar-refractivity contribution < 1.29 is 9.53 Å². The van der Waals surface area contributed by atoms with Gasteiger partial charge in [0.15, 0.2) is 0 Å². The zero-order valence-corrected chi connectivity index (χ0v) is 11.8. The molecule has 1 atom stereocenters. The minimum Gasteiger partial charge on any atom is -0.379 e. The largest absolute Gasteiger partial charge is 0.379 e. The van der Waals surface area contributed by atoms with E-state index in [2.05, 4.69) is 5.32 Å². The molecule has 17 heavy (non-hydrogen) atoms. The van der Waals surface area contributed by atoms with Crippen LogP contribution in [0.2, 0.25) is 0 Å². The Labute approximate surface area is 108 Å². The lowest BCUT2D eigenvalue weighted by Gasteiger charge is -2.30. The van der Waals surface area contributed by atoms with Crippen LogP contribution in [0.1, 0.15) is 33.6 Å². The van der Waals surface area contributed by atoms with Crippen molar-refractivity contribution >= 4 is 17.7 Å². The summed E-state index contributed by atoms with van der Waals surface area (Å²) in [6, 6.07) is 0.264. The number of carbonyl (C=O) groups is 1. The number of ether oxygens (including phenoxy) is 1. The molecule has 1 amide bonds. The van der Waals surface area contributed by atoms with E-state index >= 15 is 0 Å². The van der Waals surface area contributed by atoms with Crippen molar-refractivity contribution in [3.8, 4) is 0 Å². The first kappa shape index (κ1) is 14.8. The van der Waals surface area contributed by atoms with Gasteiger partial charge in [0.1, 0.15) is 0 Å². The summed E-state index contributed by atoms with van der Waals surface area (Å²) < 4.78 is 5.12. The normalized spacial score (nSPS) is 20.0. The lowest BCUT2D eigenvalue weighted by atomic mass is 9.94. The Hall–Kier alpha value is -0.260. The lowest BCUT2D eigenvalue weighted by molar-refractivity contribution is -0.124. The number of rotatable bonds is 8. The Morgan fingerprint density at radius 2 is 2.24 bits per heavy atom. The van der Waals surface area contributed by atoms with Crippen LogP contribution in [0.3, 0.4) is 0 Å². The number of carbonyl (C=O) groups excluding carboxylic acids is 1.